The molecule has 27 heavy (non-hydrogen) atoms. The van der Waals surface area contributed by atoms with Crippen molar-refractivity contribution in [3.8, 4) is 11.4 Å². The molecule has 2 N–H and O–H groups in total. The molecule has 6 nitrogen and oxygen atoms in total. The number of aromatic nitrogens is 1. The maximum Gasteiger partial charge on any atom is 0.279 e. The Labute approximate surface area is 155 Å². The normalized spacial score (nSPS) is 11.5. The molecule has 2 amide bonds. The third kappa shape index (κ3) is 4.52. The van der Waals surface area contributed by atoms with Crippen LogP contribution >= 0.6 is 0 Å². The first-order chi connectivity index (χ1) is 13.0. The SMILES string of the molecule is CC(Oc1ccccc1F)C(=O)NNC(=O)c1cccc(-n2cccc2)c1. The van der Waals surface area contributed by atoms with Crippen LogP contribution in [0.15, 0.2) is 73.1 Å². The van der Waals surface area contributed by atoms with E-state index < -0.39 is 23.7 Å². The summed E-state index contributed by atoms with van der Waals surface area (Å²) in [5.74, 6) is -1.68. The van der Waals surface area contributed by atoms with E-state index in [-0.39, 0.29) is 5.75 Å². The molecule has 0 radical (unpaired) electrons. The lowest BCUT2D eigenvalue weighted by atomic mass is 10.2. The summed E-state index contributed by atoms with van der Waals surface area (Å²) in [5, 5.41) is 0. The van der Waals surface area contributed by atoms with Crippen LogP contribution in [-0.4, -0.2) is 22.5 Å². The highest BCUT2D eigenvalue weighted by molar-refractivity contribution is 5.96. The standard InChI is InChI=1S/C20H18FN3O3/c1-14(27-18-10-3-2-9-17(18)21)19(25)22-23-20(26)15-7-6-8-16(13-15)24-11-4-5-12-24/h2-14H,1H3,(H,22,25)(H,23,26). The van der Waals surface area contributed by atoms with Crippen LogP contribution in [0, 0.1) is 5.82 Å². The van der Waals surface area contributed by atoms with E-state index in [1.165, 1.54) is 25.1 Å². The van der Waals surface area contributed by atoms with Crippen LogP contribution in [-0.2, 0) is 4.79 Å². The number of nitrogens with one attached hydrogen (secondary N) is 2. The van der Waals surface area contributed by atoms with E-state index in [9.17, 15) is 14.0 Å². The zero-order valence-corrected chi connectivity index (χ0v) is 14.6. The Balaban J connectivity index is 1.58. The first kappa shape index (κ1) is 18.2. The number of rotatable bonds is 5. The second-order valence-corrected chi connectivity index (χ2v) is 5.77. The van der Waals surface area contributed by atoms with Crippen molar-refractivity contribution in [2.24, 2.45) is 0 Å². The molecule has 0 aliphatic rings. The summed E-state index contributed by atoms with van der Waals surface area (Å²) in [4.78, 5) is 24.3. The van der Waals surface area contributed by atoms with Crippen molar-refractivity contribution in [3.05, 3.63) is 84.4 Å². The minimum absolute atomic E-state index is 0.0362. The number of halogens is 1. The lowest BCUT2D eigenvalue weighted by Gasteiger charge is -2.15. The first-order valence-corrected chi connectivity index (χ1v) is 8.29. The van der Waals surface area contributed by atoms with Gasteiger partial charge in [-0.05, 0) is 49.4 Å². The van der Waals surface area contributed by atoms with E-state index in [0.717, 1.165) is 5.69 Å². The molecule has 0 fully saturated rings. The highest BCUT2D eigenvalue weighted by atomic mass is 19.1. The molecule has 138 valence electrons. The van der Waals surface area contributed by atoms with Gasteiger partial charge in [-0.25, -0.2) is 4.39 Å². The second-order valence-electron chi connectivity index (χ2n) is 5.77. The van der Waals surface area contributed by atoms with Gasteiger partial charge in [0.05, 0.1) is 0 Å². The van der Waals surface area contributed by atoms with E-state index >= 15 is 0 Å². The minimum Gasteiger partial charge on any atom is -0.478 e. The van der Waals surface area contributed by atoms with Crippen LogP contribution in [0.25, 0.3) is 5.69 Å². The van der Waals surface area contributed by atoms with E-state index in [1.807, 2.05) is 35.2 Å². The summed E-state index contributed by atoms with van der Waals surface area (Å²) in [5.41, 5.74) is 5.81. The molecule has 0 aliphatic carbocycles. The maximum atomic E-state index is 13.6. The molecule has 2 aromatic carbocycles. The number of carbonyl (C=O) groups excluding carboxylic acids is 2. The minimum atomic E-state index is -0.992. The third-order valence-corrected chi connectivity index (χ3v) is 3.82. The van der Waals surface area contributed by atoms with Gasteiger partial charge in [0, 0.05) is 23.6 Å². The number of carbonyl (C=O) groups is 2. The Morgan fingerprint density at radius 1 is 1.00 bits per heavy atom. The van der Waals surface area contributed by atoms with Gasteiger partial charge in [-0.3, -0.25) is 20.4 Å². The zero-order valence-electron chi connectivity index (χ0n) is 14.6. The fraction of sp³-hybridized carbons (Fsp3) is 0.100. The molecule has 3 aromatic rings. The Bertz CT molecular complexity index is 941. The average Bonchev–Trinajstić information content (AvgIpc) is 3.22. The number of amides is 2. The molecule has 7 heteroatoms. The van der Waals surface area contributed by atoms with Crippen LogP contribution in [0.3, 0.4) is 0 Å². The molecule has 3 rings (SSSR count). The smallest absolute Gasteiger partial charge is 0.279 e. The highest BCUT2D eigenvalue weighted by Crippen LogP contribution is 2.17. The predicted octanol–water partition coefficient (Wildman–Crippen LogP) is 2.84. The van der Waals surface area contributed by atoms with Gasteiger partial charge in [0.1, 0.15) is 0 Å². The summed E-state index contributed by atoms with van der Waals surface area (Å²) < 4.78 is 20.7. The molecule has 0 saturated carbocycles. The number of para-hydroxylation sites is 1. The van der Waals surface area contributed by atoms with Gasteiger partial charge in [-0.2, -0.15) is 0 Å². The van der Waals surface area contributed by atoms with E-state index in [2.05, 4.69) is 10.9 Å². The third-order valence-electron chi connectivity index (χ3n) is 3.82. The monoisotopic (exact) mass is 367 g/mol. The lowest BCUT2D eigenvalue weighted by molar-refractivity contribution is -0.128. The number of benzene rings is 2. The summed E-state index contributed by atoms with van der Waals surface area (Å²) >= 11 is 0. The molecule has 0 aliphatic heterocycles. The predicted molar refractivity (Wildman–Crippen MR) is 97.9 cm³/mol. The average molecular weight is 367 g/mol. The number of hydrogen-bond donors (Lipinski definition) is 2. The van der Waals surface area contributed by atoms with Gasteiger partial charge < -0.3 is 9.30 Å². The van der Waals surface area contributed by atoms with Crippen molar-refractivity contribution in [2.75, 3.05) is 0 Å². The summed E-state index contributed by atoms with van der Waals surface area (Å²) in [6, 6.07) is 16.5. The van der Waals surface area contributed by atoms with Gasteiger partial charge in [-0.1, -0.05) is 18.2 Å². The zero-order chi connectivity index (χ0) is 19.2. The Hall–Kier alpha value is -3.61. The number of hydrazine groups is 1. The quantitative estimate of drug-likeness (QED) is 0.681. The van der Waals surface area contributed by atoms with Crippen molar-refractivity contribution in [1.29, 1.82) is 0 Å². The molecule has 1 aromatic heterocycles. The van der Waals surface area contributed by atoms with Crippen LogP contribution < -0.4 is 15.6 Å². The maximum absolute atomic E-state index is 13.6. The van der Waals surface area contributed by atoms with Crippen LogP contribution in [0.1, 0.15) is 17.3 Å². The summed E-state index contributed by atoms with van der Waals surface area (Å²) in [7, 11) is 0. The van der Waals surface area contributed by atoms with Crippen molar-refractivity contribution in [2.45, 2.75) is 13.0 Å². The van der Waals surface area contributed by atoms with Gasteiger partial charge in [0.15, 0.2) is 17.7 Å². The topological polar surface area (TPSA) is 72.4 Å². The number of hydrogen-bond acceptors (Lipinski definition) is 3. The van der Waals surface area contributed by atoms with Crippen molar-refractivity contribution < 1.29 is 18.7 Å². The largest absolute Gasteiger partial charge is 0.478 e. The molecule has 0 spiro atoms. The lowest BCUT2D eigenvalue weighted by Crippen LogP contribution is -2.47. The fourth-order valence-electron chi connectivity index (χ4n) is 2.39. The fourth-order valence-corrected chi connectivity index (χ4v) is 2.39. The molecule has 1 unspecified atom stereocenters. The first-order valence-electron chi connectivity index (χ1n) is 8.29. The highest BCUT2D eigenvalue weighted by Gasteiger charge is 2.17. The molecular weight excluding hydrogens is 349 g/mol. The van der Waals surface area contributed by atoms with Gasteiger partial charge in [0.2, 0.25) is 0 Å². The molecule has 0 bridgehead atoms. The number of ether oxygens (including phenoxy) is 1. The van der Waals surface area contributed by atoms with Gasteiger partial charge in [-0.15, -0.1) is 0 Å². The van der Waals surface area contributed by atoms with Crippen molar-refractivity contribution >= 4 is 11.8 Å². The molecule has 0 saturated heterocycles. The van der Waals surface area contributed by atoms with Gasteiger partial charge >= 0.3 is 0 Å². The van der Waals surface area contributed by atoms with E-state index in [0.29, 0.717) is 5.56 Å². The molecule has 1 atom stereocenters. The van der Waals surface area contributed by atoms with E-state index in [4.69, 9.17) is 4.74 Å². The Morgan fingerprint density at radius 2 is 1.74 bits per heavy atom. The van der Waals surface area contributed by atoms with Crippen LogP contribution in [0.4, 0.5) is 4.39 Å². The number of nitrogens with zero attached hydrogens (tertiary/aromatic N) is 1. The van der Waals surface area contributed by atoms with Crippen LogP contribution in [0.2, 0.25) is 0 Å². The summed E-state index contributed by atoms with van der Waals surface area (Å²) in [6.45, 7) is 1.46. The van der Waals surface area contributed by atoms with Crippen molar-refractivity contribution in [3.63, 3.8) is 0 Å². The molecule has 1 heterocycles. The van der Waals surface area contributed by atoms with Gasteiger partial charge in [0.25, 0.3) is 11.8 Å². The molecular formula is C20H18FN3O3. The Morgan fingerprint density at radius 3 is 2.48 bits per heavy atom. The van der Waals surface area contributed by atoms with Crippen molar-refractivity contribution in [1.82, 2.24) is 15.4 Å². The van der Waals surface area contributed by atoms with Crippen LogP contribution in [0.5, 0.6) is 5.75 Å². The Kier molecular flexibility index (Phi) is 5.51. The summed E-state index contributed by atoms with van der Waals surface area (Å²) in [6.07, 6.45) is 2.73. The second kappa shape index (κ2) is 8.18. The van der Waals surface area contributed by atoms with E-state index in [1.54, 1.807) is 24.3 Å².